The first-order chi connectivity index (χ1) is 14.7. The smallest absolute Gasteiger partial charge is 0.251 e. The van der Waals surface area contributed by atoms with Gasteiger partial charge in [0.05, 0.1) is 11.0 Å². The first kappa shape index (κ1) is 20.0. The number of imidazole rings is 1. The zero-order chi connectivity index (χ0) is 20.8. The van der Waals surface area contributed by atoms with Crippen molar-refractivity contribution in [3.63, 3.8) is 0 Å². The van der Waals surface area contributed by atoms with Crippen molar-refractivity contribution in [2.24, 2.45) is 0 Å². The molecule has 30 heavy (non-hydrogen) atoms. The van der Waals surface area contributed by atoms with Crippen molar-refractivity contribution in [2.75, 3.05) is 6.54 Å². The number of aromatic nitrogens is 2. The van der Waals surface area contributed by atoms with Crippen LogP contribution in [0, 0.1) is 0 Å². The van der Waals surface area contributed by atoms with Gasteiger partial charge < -0.3 is 15.4 Å². The van der Waals surface area contributed by atoms with E-state index in [0.29, 0.717) is 17.9 Å². The lowest BCUT2D eigenvalue weighted by atomic mass is 10.1. The van der Waals surface area contributed by atoms with Gasteiger partial charge in [0.15, 0.2) is 5.16 Å². The zero-order valence-corrected chi connectivity index (χ0v) is 17.3. The number of carbonyl (C=O) groups is 1. The molecule has 152 valence electrons. The van der Waals surface area contributed by atoms with E-state index in [2.05, 4.69) is 15.3 Å². The molecule has 1 aromatic heterocycles. The summed E-state index contributed by atoms with van der Waals surface area (Å²) < 4.78 is 0. The molecule has 0 atom stereocenters. The molecule has 0 spiro atoms. The second-order valence-electron chi connectivity index (χ2n) is 7.03. The number of thioether (sulfide) groups is 1. The third kappa shape index (κ3) is 5.02. The molecule has 0 radical (unpaired) electrons. The van der Waals surface area contributed by atoms with Crippen LogP contribution in [0.4, 0.5) is 0 Å². The van der Waals surface area contributed by atoms with Gasteiger partial charge in [0, 0.05) is 17.9 Å². The van der Waals surface area contributed by atoms with Gasteiger partial charge in [0.1, 0.15) is 5.75 Å². The Kier molecular flexibility index (Phi) is 6.35. The lowest BCUT2D eigenvalue weighted by Crippen LogP contribution is -2.25. The highest BCUT2D eigenvalue weighted by Crippen LogP contribution is 2.24. The third-order valence-electron chi connectivity index (χ3n) is 4.86. The number of H-pyrrole nitrogens is 1. The molecule has 5 nitrogen and oxygen atoms in total. The molecule has 3 N–H and O–H groups in total. The number of para-hydroxylation sites is 2. The zero-order valence-electron chi connectivity index (χ0n) is 16.5. The molecule has 0 saturated carbocycles. The van der Waals surface area contributed by atoms with Crippen molar-refractivity contribution in [3.05, 3.63) is 89.5 Å². The Morgan fingerprint density at radius 1 is 1.00 bits per heavy atom. The first-order valence-corrected chi connectivity index (χ1v) is 10.9. The van der Waals surface area contributed by atoms with Crippen molar-refractivity contribution in [1.82, 2.24) is 15.3 Å². The summed E-state index contributed by atoms with van der Waals surface area (Å²) in [5.74, 6) is 0.877. The molecule has 1 heterocycles. The topological polar surface area (TPSA) is 78.0 Å². The molecular weight excluding hydrogens is 394 g/mol. The number of rotatable bonds is 8. The Morgan fingerprint density at radius 2 is 1.77 bits per heavy atom. The Balaban J connectivity index is 1.32. The van der Waals surface area contributed by atoms with E-state index in [1.807, 2.05) is 60.7 Å². The minimum Gasteiger partial charge on any atom is -0.508 e. The third-order valence-corrected chi connectivity index (χ3v) is 5.78. The molecule has 0 saturated heterocycles. The Hall–Kier alpha value is -3.25. The standard InChI is InChI=1S/C24H23N3O2S/c28-19-13-11-17(12-14-19)6-5-15-25-23(29)20-8-2-1-7-18(20)16-30-24-26-21-9-3-4-10-22(21)27-24/h1-4,7-14,28H,5-6,15-16H2,(H,25,29)(H,26,27). The van der Waals surface area contributed by atoms with Crippen LogP contribution < -0.4 is 5.32 Å². The normalized spacial score (nSPS) is 10.9. The summed E-state index contributed by atoms with van der Waals surface area (Å²) in [4.78, 5) is 20.6. The van der Waals surface area contributed by atoms with E-state index in [4.69, 9.17) is 0 Å². The summed E-state index contributed by atoms with van der Waals surface area (Å²) in [5, 5.41) is 13.2. The number of phenolic OH excluding ortho intramolecular Hbond substituents is 1. The average molecular weight is 418 g/mol. The highest BCUT2D eigenvalue weighted by atomic mass is 32.2. The van der Waals surface area contributed by atoms with E-state index in [1.54, 1.807) is 23.9 Å². The molecule has 4 aromatic rings. The highest BCUT2D eigenvalue weighted by Gasteiger charge is 2.12. The summed E-state index contributed by atoms with van der Waals surface area (Å²) >= 11 is 1.59. The molecule has 1 amide bonds. The summed E-state index contributed by atoms with van der Waals surface area (Å²) in [6, 6.07) is 22.8. The van der Waals surface area contributed by atoms with Gasteiger partial charge in [-0.15, -0.1) is 0 Å². The fourth-order valence-corrected chi connectivity index (χ4v) is 4.15. The number of phenols is 1. The minimum absolute atomic E-state index is 0.0542. The lowest BCUT2D eigenvalue weighted by Gasteiger charge is -2.10. The van der Waals surface area contributed by atoms with Crippen molar-refractivity contribution in [2.45, 2.75) is 23.8 Å². The van der Waals surface area contributed by atoms with Crippen LogP contribution in [0.25, 0.3) is 11.0 Å². The second kappa shape index (κ2) is 9.50. The van der Waals surface area contributed by atoms with Crippen LogP contribution in [0.2, 0.25) is 0 Å². The molecule has 0 aliphatic carbocycles. The predicted octanol–water partition coefficient (Wildman–Crippen LogP) is 4.92. The molecule has 4 rings (SSSR count). The maximum atomic E-state index is 12.7. The number of nitrogens with one attached hydrogen (secondary N) is 2. The minimum atomic E-state index is -0.0542. The second-order valence-corrected chi connectivity index (χ2v) is 7.99. The van der Waals surface area contributed by atoms with Gasteiger partial charge in [-0.25, -0.2) is 4.98 Å². The SMILES string of the molecule is O=C(NCCCc1ccc(O)cc1)c1ccccc1CSc1nc2ccccc2[nH]1. The molecule has 0 unspecified atom stereocenters. The summed E-state index contributed by atoms with van der Waals surface area (Å²) in [6.45, 7) is 0.602. The molecule has 3 aromatic carbocycles. The van der Waals surface area contributed by atoms with E-state index in [-0.39, 0.29) is 11.7 Å². The number of hydrogen-bond acceptors (Lipinski definition) is 4. The number of aryl methyl sites for hydroxylation is 1. The van der Waals surface area contributed by atoms with Gasteiger partial charge >= 0.3 is 0 Å². The van der Waals surface area contributed by atoms with Gasteiger partial charge in [-0.3, -0.25) is 4.79 Å². The number of aromatic amines is 1. The molecule has 6 heteroatoms. The van der Waals surface area contributed by atoms with Crippen LogP contribution in [0.5, 0.6) is 5.75 Å². The number of fused-ring (bicyclic) bond motifs is 1. The van der Waals surface area contributed by atoms with E-state index in [0.717, 1.165) is 40.2 Å². The van der Waals surface area contributed by atoms with Crippen molar-refractivity contribution >= 4 is 28.7 Å². The number of benzene rings is 3. The van der Waals surface area contributed by atoms with Crippen LogP contribution >= 0.6 is 11.8 Å². The quantitative estimate of drug-likeness (QED) is 0.281. The number of hydrogen-bond donors (Lipinski definition) is 3. The van der Waals surface area contributed by atoms with Crippen molar-refractivity contribution in [1.29, 1.82) is 0 Å². The lowest BCUT2D eigenvalue weighted by molar-refractivity contribution is 0.0952. The van der Waals surface area contributed by atoms with Crippen LogP contribution in [-0.2, 0) is 12.2 Å². The predicted molar refractivity (Wildman–Crippen MR) is 121 cm³/mol. The van der Waals surface area contributed by atoms with E-state index in [1.165, 1.54) is 0 Å². The maximum Gasteiger partial charge on any atom is 0.251 e. The van der Waals surface area contributed by atoms with Crippen LogP contribution in [0.1, 0.15) is 27.9 Å². The van der Waals surface area contributed by atoms with Gasteiger partial charge in [-0.1, -0.05) is 54.2 Å². The van der Waals surface area contributed by atoms with Crippen LogP contribution in [-0.4, -0.2) is 27.5 Å². The van der Waals surface area contributed by atoms with Gasteiger partial charge in [0.25, 0.3) is 5.91 Å². The Labute approximate surface area is 179 Å². The van der Waals surface area contributed by atoms with E-state index in [9.17, 15) is 9.90 Å². The largest absolute Gasteiger partial charge is 0.508 e. The Bertz CT molecular complexity index is 1110. The molecular formula is C24H23N3O2S. The average Bonchev–Trinajstić information content (AvgIpc) is 3.19. The van der Waals surface area contributed by atoms with Gasteiger partial charge in [-0.2, -0.15) is 0 Å². The summed E-state index contributed by atoms with van der Waals surface area (Å²) in [6.07, 6.45) is 1.69. The number of amides is 1. The summed E-state index contributed by atoms with van der Waals surface area (Å²) in [7, 11) is 0. The molecule has 0 aliphatic rings. The fourth-order valence-electron chi connectivity index (χ4n) is 3.26. The first-order valence-electron chi connectivity index (χ1n) is 9.90. The monoisotopic (exact) mass is 417 g/mol. The molecule has 0 bridgehead atoms. The van der Waals surface area contributed by atoms with Gasteiger partial charge in [0.2, 0.25) is 0 Å². The van der Waals surface area contributed by atoms with Gasteiger partial charge in [-0.05, 0) is 54.3 Å². The maximum absolute atomic E-state index is 12.7. The fraction of sp³-hybridized carbons (Fsp3) is 0.167. The number of nitrogens with zero attached hydrogens (tertiary/aromatic N) is 1. The van der Waals surface area contributed by atoms with Crippen molar-refractivity contribution in [3.8, 4) is 5.75 Å². The molecule has 0 aliphatic heterocycles. The Morgan fingerprint density at radius 3 is 2.60 bits per heavy atom. The van der Waals surface area contributed by atoms with Crippen molar-refractivity contribution < 1.29 is 9.90 Å². The van der Waals surface area contributed by atoms with Crippen LogP contribution in [0.3, 0.4) is 0 Å². The molecule has 0 fully saturated rings. The van der Waals surface area contributed by atoms with Crippen LogP contribution in [0.15, 0.2) is 78.0 Å². The number of aromatic hydroxyl groups is 1. The highest BCUT2D eigenvalue weighted by molar-refractivity contribution is 7.98. The number of carbonyl (C=O) groups excluding carboxylic acids is 1. The van der Waals surface area contributed by atoms with E-state index >= 15 is 0 Å². The summed E-state index contributed by atoms with van der Waals surface area (Å²) in [5.41, 5.74) is 4.79. The van der Waals surface area contributed by atoms with E-state index < -0.39 is 0 Å².